The molecule has 1 aromatic heterocycles. The summed E-state index contributed by atoms with van der Waals surface area (Å²) in [7, 11) is 0. The van der Waals surface area contributed by atoms with Crippen molar-refractivity contribution >= 4 is 21.7 Å². The highest BCUT2D eigenvalue weighted by Crippen LogP contribution is 2.20. The van der Waals surface area contributed by atoms with Crippen molar-refractivity contribution in [3.63, 3.8) is 0 Å². The Morgan fingerprint density at radius 3 is 2.22 bits per heavy atom. The van der Waals surface area contributed by atoms with Crippen LogP contribution in [0.5, 0.6) is 0 Å². The zero-order valence-corrected chi connectivity index (χ0v) is 12.2. The predicted octanol–water partition coefficient (Wildman–Crippen LogP) is 3.16. The van der Waals surface area contributed by atoms with Gasteiger partial charge in [-0.15, -0.1) is 0 Å². The van der Waals surface area contributed by atoms with E-state index in [0.717, 1.165) is 16.3 Å². The van der Waals surface area contributed by atoms with Crippen molar-refractivity contribution in [1.82, 2.24) is 4.57 Å². The average Bonchev–Trinajstić information content (AvgIpc) is 2.58. The Labute approximate surface area is 131 Å². The van der Waals surface area contributed by atoms with Crippen molar-refractivity contribution in [2.24, 2.45) is 0 Å². The van der Waals surface area contributed by atoms with E-state index in [4.69, 9.17) is 4.42 Å². The van der Waals surface area contributed by atoms with E-state index < -0.39 is 11.4 Å². The van der Waals surface area contributed by atoms with Crippen molar-refractivity contribution in [2.75, 3.05) is 0 Å². The third-order valence-electron chi connectivity index (χ3n) is 3.96. The van der Waals surface area contributed by atoms with E-state index >= 15 is 0 Å². The van der Waals surface area contributed by atoms with Gasteiger partial charge in [-0.3, -0.25) is 4.57 Å². The second kappa shape index (κ2) is 5.25. The van der Waals surface area contributed by atoms with Gasteiger partial charge in [0.05, 0.1) is 17.4 Å². The minimum atomic E-state index is -0.637. The van der Waals surface area contributed by atoms with E-state index in [9.17, 15) is 9.59 Å². The molecule has 0 aliphatic rings. The fourth-order valence-electron chi connectivity index (χ4n) is 2.82. The Morgan fingerprint density at radius 1 is 0.826 bits per heavy atom. The lowest BCUT2D eigenvalue weighted by Crippen LogP contribution is -2.25. The molecule has 0 unspecified atom stereocenters. The Hall–Kier alpha value is -3.14. The number of nitrogens with zero attached hydrogens (tertiary/aromatic N) is 1. The van der Waals surface area contributed by atoms with E-state index in [0.29, 0.717) is 17.4 Å². The van der Waals surface area contributed by atoms with Crippen LogP contribution in [0.15, 0.2) is 80.7 Å². The molecule has 0 N–H and O–H groups in total. The van der Waals surface area contributed by atoms with Crippen LogP contribution in [-0.4, -0.2) is 4.57 Å². The van der Waals surface area contributed by atoms with Gasteiger partial charge in [0.2, 0.25) is 0 Å². The number of benzene rings is 3. The van der Waals surface area contributed by atoms with Crippen LogP contribution in [0.1, 0.15) is 5.56 Å². The van der Waals surface area contributed by atoms with Gasteiger partial charge in [0.15, 0.2) is 0 Å². The Bertz CT molecular complexity index is 1120. The molecule has 3 aromatic carbocycles. The highest BCUT2D eigenvalue weighted by atomic mass is 16.4. The van der Waals surface area contributed by atoms with Gasteiger partial charge in [-0.1, -0.05) is 54.6 Å². The van der Waals surface area contributed by atoms with Gasteiger partial charge in [0, 0.05) is 0 Å². The molecule has 0 fully saturated rings. The first-order chi connectivity index (χ1) is 11.2. The largest absolute Gasteiger partial charge is 0.422 e. The van der Waals surface area contributed by atoms with E-state index in [2.05, 4.69) is 0 Å². The summed E-state index contributed by atoms with van der Waals surface area (Å²) in [5.74, 6) is -0.637. The topological polar surface area (TPSA) is 52.2 Å². The summed E-state index contributed by atoms with van der Waals surface area (Å²) in [6.07, 6.45) is 0. The molecule has 0 aliphatic heterocycles. The van der Waals surface area contributed by atoms with Crippen LogP contribution >= 0.6 is 0 Å². The van der Waals surface area contributed by atoms with Crippen molar-refractivity contribution < 1.29 is 4.42 Å². The van der Waals surface area contributed by atoms with Crippen molar-refractivity contribution in [1.29, 1.82) is 0 Å². The van der Waals surface area contributed by atoms with Crippen LogP contribution in [0.25, 0.3) is 21.7 Å². The summed E-state index contributed by atoms with van der Waals surface area (Å²) in [6.45, 7) is 0.359. The highest BCUT2D eigenvalue weighted by Gasteiger charge is 2.11. The molecule has 0 bridgehead atoms. The van der Waals surface area contributed by atoms with Gasteiger partial charge < -0.3 is 4.42 Å². The normalized spacial score (nSPS) is 11.1. The standard InChI is InChI=1S/C19H13NO3/c21-18-16-10-14-8-4-5-9-15(14)11-17(16)20(19(22)23-18)12-13-6-2-1-3-7-13/h1-11H,12H2. The first-order valence-electron chi connectivity index (χ1n) is 7.33. The summed E-state index contributed by atoms with van der Waals surface area (Å²) in [6, 6.07) is 21.0. The van der Waals surface area contributed by atoms with Gasteiger partial charge in [-0.25, -0.2) is 9.59 Å². The first-order valence-corrected chi connectivity index (χ1v) is 7.33. The number of rotatable bonds is 2. The zero-order chi connectivity index (χ0) is 15.8. The van der Waals surface area contributed by atoms with Gasteiger partial charge >= 0.3 is 11.4 Å². The Balaban J connectivity index is 2.04. The van der Waals surface area contributed by atoms with E-state index in [-0.39, 0.29) is 0 Å². The molecular weight excluding hydrogens is 290 g/mol. The zero-order valence-electron chi connectivity index (χ0n) is 12.2. The molecule has 0 radical (unpaired) electrons. The van der Waals surface area contributed by atoms with Crippen LogP contribution in [-0.2, 0) is 6.54 Å². The van der Waals surface area contributed by atoms with Crippen LogP contribution in [0.2, 0.25) is 0 Å². The molecule has 4 aromatic rings. The number of fused-ring (bicyclic) bond motifs is 2. The van der Waals surface area contributed by atoms with Crippen molar-refractivity contribution in [3.8, 4) is 0 Å². The molecule has 0 saturated heterocycles. The van der Waals surface area contributed by atoms with E-state index in [1.807, 2.05) is 60.7 Å². The minimum Gasteiger partial charge on any atom is -0.372 e. The van der Waals surface area contributed by atoms with Gasteiger partial charge in [0.1, 0.15) is 0 Å². The summed E-state index contributed by atoms with van der Waals surface area (Å²) in [4.78, 5) is 24.3. The fourth-order valence-corrected chi connectivity index (χ4v) is 2.82. The minimum absolute atomic E-state index is 0.359. The van der Waals surface area contributed by atoms with Crippen LogP contribution in [0, 0.1) is 0 Å². The van der Waals surface area contributed by atoms with Crippen LogP contribution in [0.3, 0.4) is 0 Å². The second-order valence-electron chi connectivity index (χ2n) is 5.44. The molecule has 23 heavy (non-hydrogen) atoms. The molecule has 4 nitrogen and oxygen atoms in total. The maximum atomic E-state index is 12.2. The van der Waals surface area contributed by atoms with E-state index in [1.54, 1.807) is 6.07 Å². The van der Waals surface area contributed by atoms with Crippen molar-refractivity contribution in [2.45, 2.75) is 6.54 Å². The summed E-state index contributed by atoms with van der Waals surface area (Å²) in [5, 5.41) is 2.34. The fraction of sp³-hybridized carbons (Fsp3) is 0.0526. The first kappa shape index (κ1) is 13.5. The lowest BCUT2D eigenvalue weighted by Gasteiger charge is -2.09. The maximum absolute atomic E-state index is 12.2. The molecule has 0 amide bonds. The monoisotopic (exact) mass is 303 g/mol. The number of hydrogen-bond acceptors (Lipinski definition) is 3. The maximum Gasteiger partial charge on any atom is 0.422 e. The lowest BCUT2D eigenvalue weighted by molar-refractivity contribution is 0.425. The second-order valence-corrected chi connectivity index (χ2v) is 5.44. The summed E-state index contributed by atoms with van der Waals surface area (Å²) >= 11 is 0. The predicted molar refractivity (Wildman–Crippen MR) is 89.8 cm³/mol. The summed E-state index contributed by atoms with van der Waals surface area (Å²) < 4.78 is 6.39. The lowest BCUT2D eigenvalue weighted by atomic mass is 10.1. The SMILES string of the molecule is O=c1oc(=O)n(Cc2ccccc2)c2cc3ccccc3cc12. The number of aromatic nitrogens is 1. The molecule has 0 atom stereocenters. The molecule has 4 heteroatoms. The molecule has 1 heterocycles. The smallest absolute Gasteiger partial charge is 0.372 e. The summed E-state index contributed by atoms with van der Waals surface area (Å²) in [5.41, 5.74) is 0.965. The third kappa shape index (κ3) is 2.34. The molecule has 4 rings (SSSR count). The highest BCUT2D eigenvalue weighted by molar-refractivity contribution is 5.96. The average molecular weight is 303 g/mol. The van der Waals surface area contributed by atoms with Crippen LogP contribution in [0.4, 0.5) is 0 Å². The molecule has 0 aliphatic carbocycles. The number of hydrogen-bond donors (Lipinski definition) is 0. The van der Waals surface area contributed by atoms with Gasteiger partial charge in [-0.2, -0.15) is 0 Å². The third-order valence-corrected chi connectivity index (χ3v) is 3.96. The Morgan fingerprint density at radius 2 is 1.48 bits per heavy atom. The van der Waals surface area contributed by atoms with Crippen molar-refractivity contribution in [3.05, 3.63) is 93.3 Å². The molecular formula is C19H13NO3. The van der Waals surface area contributed by atoms with Gasteiger partial charge in [0.25, 0.3) is 0 Å². The van der Waals surface area contributed by atoms with E-state index in [1.165, 1.54) is 4.57 Å². The quantitative estimate of drug-likeness (QED) is 0.534. The molecule has 0 saturated carbocycles. The van der Waals surface area contributed by atoms with Gasteiger partial charge in [-0.05, 0) is 28.5 Å². The van der Waals surface area contributed by atoms with Crippen LogP contribution < -0.4 is 11.4 Å². The Kier molecular flexibility index (Phi) is 3.08. The molecule has 0 spiro atoms. The molecule has 112 valence electrons.